The first-order valence-electron chi connectivity index (χ1n) is 8.76. The van der Waals surface area contributed by atoms with Crippen molar-refractivity contribution < 1.29 is 13.2 Å². The lowest BCUT2D eigenvalue weighted by atomic mass is 9.91. The molecule has 2 heterocycles. The monoisotopic (exact) mass is 351 g/mol. The van der Waals surface area contributed by atoms with E-state index in [9.17, 15) is 13.2 Å². The van der Waals surface area contributed by atoms with E-state index in [1.54, 1.807) is 6.07 Å². The van der Waals surface area contributed by atoms with E-state index in [0.717, 1.165) is 56.4 Å². The predicted octanol–water partition coefficient (Wildman–Crippen LogP) is 4.28. The van der Waals surface area contributed by atoms with Gasteiger partial charge in [0, 0.05) is 26.0 Å². The maximum Gasteiger partial charge on any atom is 0.416 e. The van der Waals surface area contributed by atoms with Gasteiger partial charge in [-0.15, -0.1) is 0 Å². The predicted molar refractivity (Wildman–Crippen MR) is 91.0 cm³/mol. The van der Waals surface area contributed by atoms with E-state index in [4.69, 9.17) is 0 Å². The molecule has 0 radical (unpaired) electrons. The second-order valence-corrected chi connectivity index (χ2v) is 6.93. The highest BCUT2D eigenvalue weighted by Crippen LogP contribution is 2.30. The lowest BCUT2D eigenvalue weighted by Gasteiger charge is -2.32. The summed E-state index contributed by atoms with van der Waals surface area (Å²) in [4.78, 5) is 6.78. The van der Waals surface area contributed by atoms with Crippen molar-refractivity contribution in [3.8, 4) is 0 Å². The first kappa shape index (κ1) is 18.0. The minimum atomic E-state index is -4.26. The maximum absolute atomic E-state index is 12.8. The lowest BCUT2D eigenvalue weighted by molar-refractivity contribution is -0.137. The van der Waals surface area contributed by atoms with E-state index in [0.29, 0.717) is 12.3 Å². The molecule has 1 saturated heterocycles. The number of rotatable bonds is 5. The molecule has 1 aliphatic heterocycles. The second kappa shape index (κ2) is 7.60. The van der Waals surface area contributed by atoms with E-state index < -0.39 is 11.7 Å². The summed E-state index contributed by atoms with van der Waals surface area (Å²) in [5.41, 5.74) is 0.223. The van der Waals surface area contributed by atoms with Gasteiger partial charge in [-0.3, -0.25) is 4.90 Å². The van der Waals surface area contributed by atoms with Gasteiger partial charge in [-0.1, -0.05) is 18.2 Å². The Morgan fingerprint density at radius 3 is 2.84 bits per heavy atom. The first-order valence-corrected chi connectivity index (χ1v) is 8.76. The molecule has 0 saturated carbocycles. The van der Waals surface area contributed by atoms with E-state index in [1.165, 1.54) is 12.1 Å². The molecular weight excluding hydrogens is 327 g/mol. The number of hydrogen-bond acceptors (Lipinski definition) is 2. The minimum Gasteiger partial charge on any atom is -0.337 e. The van der Waals surface area contributed by atoms with Gasteiger partial charge in [-0.2, -0.15) is 13.2 Å². The molecule has 1 fully saturated rings. The summed E-state index contributed by atoms with van der Waals surface area (Å²) >= 11 is 0. The number of halogens is 3. The van der Waals surface area contributed by atoms with Gasteiger partial charge in [-0.05, 0) is 49.8 Å². The van der Waals surface area contributed by atoms with Crippen molar-refractivity contribution in [1.29, 1.82) is 0 Å². The largest absolute Gasteiger partial charge is 0.416 e. The van der Waals surface area contributed by atoms with Crippen LogP contribution in [0.15, 0.2) is 36.7 Å². The molecule has 0 N–H and O–H groups in total. The van der Waals surface area contributed by atoms with Crippen LogP contribution in [0.25, 0.3) is 0 Å². The molecule has 0 bridgehead atoms. The van der Waals surface area contributed by atoms with Crippen LogP contribution in [0.4, 0.5) is 13.2 Å². The summed E-state index contributed by atoms with van der Waals surface area (Å²) in [5.74, 6) is 1.59. The minimum absolute atomic E-state index is 0.531. The number of imidazole rings is 1. The molecule has 0 amide bonds. The maximum atomic E-state index is 12.8. The normalized spacial score (nSPS) is 19.3. The Bertz CT molecular complexity index is 693. The fourth-order valence-electron chi connectivity index (χ4n) is 3.55. The molecule has 3 nitrogen and oxygen atoms in total. The molecule has 1 atom stereocenters. The van der Waals surface area contributed by atoms with Crippen molar-refractivity contribution in [2.45, 2.75) is 38.4 Å². The molecule has 3 rings (SSSR count). The fourth-order valence-corrected chi connectivity index (χ4v) is 3.55. The summed E-state index contributed by atoms with van der Waals surface area (Å²) in [6.07, 6.45) is 3.41. The highest BCUT2D eigenvalue weighted by molar-refractivity contribution is 5.25. The van der Waals surface area contributed by atoms with Crippen LogP contribution in [0, 0.1) is 5.92 Å². The van der Waals surface area contributed by atoms with Crippen molar-refractivity contribution in [2.75, 3.05) is 13.1 Å². The van der Waals surface area contributed by atoms with Crippen LogP contribution in [0.5, 0.6) is 0 Å². The zero-order valence-electron chi connectivity index (χ0n) is 14.5. The van der Waals surface area contributed by atoms with Crippen molar-refractivity contribution in [3.63, 3.8) is 0 Å². The Hall–Kier alpha value is -1.82. The van der Waals surface area contributed by atoms with Crippen LogP contribution in [0.3, 0.4) is 0 Å². The van der Waals surface area contributed by atoms with Gasteiger partial charge >= 0.3 is 6.18 Å². The Labute approximate surface area is 146 Å². The molecule has 1 aromatic heterocycles. The Kier molecular flexibility index (Phi) is 5.47. The van der Waals surface area contributed by atoms with Gasteiger partial charge in [0.25, 0.3) is 0 Å². The number of aryl methyl sites for hydroxylation is 2. The summed E-state index contributed by atoms with van der Waals surface area (Å²) in [5, 5.41) is 0. The van der Waals surface area contributed by atoms with E-state index >= 15 is 0 Å². The molecular formula is C19H24F3N3. The Balaban J connectivity index is 1.54. The van der Waals surface area contributed by atoms with Gasteiger partial charge in [0.1, 0.15) is 5.82 Å². The fraction of sp³-hybridized carbons (Fsp3) is 0.526. The number of likely N-dealkylation sites (tertiary alicyclic amines) is 1. The van der Waals surface area contributed by atoms with Crippen molar-refractivity contribution in [1.82, 2.24) is 14.5 Å². The number of aromatic nitrogens is 2. The third-order valence-corrected chi connectivity index (χ3v) is 4.98. The van der Waals surface area contributed by atoms with Crippen LogP contribution >= 0.6 is 0 Å². The molecule has 1 aliphatic rings. The quantitative estimate of drug-likeness (QED) is 0.801. The van der Waals surface area contributed by atoms with E-state index in [1.807, 2.05) is 24.0 Å². The van der Waals surface area contributed by atoms with E-state index in [-0.39, 0.29) is 0 Å². The Morgan fingerprint density at radius 2 is 2.12 bits per heavy atom. The van der Waals surface area contributed by atoms with Gasteiger partial charge in [0.2, 0.25) is 0 Å². The average Bonchev–Trinajstić information content (AvgIpc) is 2.98. The SMILES string of the molecule is Cn1ccnc1CN1CCCC(CCc2cccc(C(F)(F)F)c2)C1. The summed E-state index contributed by atoms with van der Waals surface area (Å²) < 4.78 is 40.5. The number of piperidine rings is 1. The molecule has 0 aliphatic carbocycles. The van der Waals surface area contributed by atoms with Crippen molar-refractivity contribution in [2.24, 2.45) is 13.0 Å². The Morgan fingerprint density at radius 1 is 1.28 bits per heavy atom. The van der Waals surface area contributed by atoms with Crippen molar-refractivity contribution in [3.05, 3.63) is 53.6 Å². The molecule has 1 unspecified atom stereocenters. The molecule has 0 spiro atoms. The lowest BCUT2D eigenvalue weighted by Crippen LogP contribution is -2.35. The summed E-state index contributed by atoms with van der Waals surface area (Å²) in [7, 11) is 2.00. The van der Waals surface area contributed by atoms with Gasteiger partial charge < -0.3 is 4.57 Å². The molecule has 25 heavy (non-hydrogen) atoms. The van der Waals surface area contributed by atoms with Crippen LogP contribution in [0.1, 0.15) is 36.2 Å². The zero-order chi connectivity index (χ0) is 17.9. The topological polar surface area (TPSA) is 21.1 Å². The number of nitrogens with zero attached hydrogens (tertiary/aromatic N) is 3. The third-order valence-electron chi connectivity index (χ3n) is 4.98. The summed E-state index contributed by atoms with van der Waals surface area (Å²) in [6, 6.07) is 5.73. The smallest absolute Gasteiger partial charge is 0.337 e. The van der Waals surface area contributed by atoms with Gasteiger partial charge in [-0.25, -0.2) is 4.98 Å². The molecule has 2 aromatic rings. The molecule has 6 heteroatoms. The highest BCUT2D eigenvalue weighted by atomic mass is 19.4. The van der Waals surface area contributed by atoms with Crippen LogP contribution in [-0.2, 0) is 26.2 Å². The van der Waals surface area contributed by atoms with Gasteiger partial charge in [0.05, 0.1) is 12.1 Å². The van der Waals surface area contributed by atoms with E-state index in [2.05, 4.69) is 9.88 Å². The zero-order valence-corrected chi connectivity index (χ0v) is 14.5. The number of alkyl halides is 3. The first-order chi connectivity index (χ1) is 11.9. The van der Waals surface area contributed by atoms with Crippen LogP contribution in [0.2, 0.25) is 0 Å². The van der Waals surface area contributed by atoms with Crippen molar-refractivity contribution >= 4 is 0 Å². The van der Waals surface area contributed by atoms with Crippen LogP contribution < -0.4 is 0 Å². The highest BCUT2D eigenvalue weighted by Gasteiger charge is 2.30. The number of benzene rings is 1. The molecule has 1 aromatic carbocycles. The number of hydrogen-bond donors (Lipinski definition) is 0. The second-order valence-electron chi connectivity index (χ2n) is 6.93. The summed E-state index contributed by atoms with van der Waals surface area (Å²) in [6.45, 7) is 2.89. The van der Waals surface area contributed by atoms with Crippen LogP contribution in [-0.4, -0.2) is 27.5 Å². The van der Waals surface area contributed by atoms with Gasteiger partial charge in [0.15, 0.2) is 0 Å². The standard InChI is InChI=1S/C19H24F3N3/c1-24-11-9-23-18(24)14-25-10-3-5-16(13-25)8-7-15-4-2-6-17(12-15)19(20,21)22/h2,4,6,9,11-12,16H,3,5,7-8,10,13-14H2,1H3. The average molecular weight is 351 g/mol. The third kappa shape index (κ3) is 4.84. The molecule has 136 valence electrons.